The third-order valence-corrected chi connectivity index (χ3v) is 5.22. The van der Waals surface area contributed by atoms with E-state index in [0.717, 1.165) is 5.56 Å². The fraction of sp³-hybridized carbons (Fsp3) is 0.538. The highest BCUT2D eigenvalue weighted by Crippen LogP contribution is 2.32. The van der Waals surface area contributed by atoms with Crippen molar-refractivity contribution >= 4 is 21.4 Å². The summed E-state index contributed by atoms with van der Waals surface area (Å²) in [6.07, 6.45) is 0. The normalized spacial score (nSPS) is 11.6. The molecule has 1 aromatic rings. The van der Waals surface area contributed by atoms with Gasteiger partial charge in [0.25, 0.3) is 0 Å². The monoisotopic (exact) mass is 306 g/mol. The van der Waals surface area contributed by atoms with Gasteiger partial charge in [0.05, 0.1) is 24.0 Å². The van der Waals surface area contributed by atoms with E-state index in [2.05, 4.69) is 0 Å². The van der Waals surface area contributed by atoms with Crippen molar-refractivity contribution < 1.29 is 17.9 Å². The average Bonchev–Trinajstić information content (AvgIpc) is 2.38. The van der Waals surface area contributed by atoms with Gasteiger partial charge in [-0.3, -0.25) is 0 Å². The van der Waals surface area contributed by atoms with Crippen LogP contribution in [0.25, 0.3) is 0 Å². The van der Waals surface area contributed by atoms with Gasteiger partial charge >= 0.3 is 0 Å². The first-order chi connectivity index (χ1) is 8.92. The van der Waals surface area contributed by atoms with Crippen molar-refractivity contribution in [2.24, 2.45) is 0 Å². The molecule has 0 aliphatic carbocycles. The van der Waals surface area contributed by atoms with Crippen molar-refractivity contribution in [3.05, 3.63) is 23.8 Å². The van der Waals surface area contributed by atoms with Gasteiger partial charge in [-0.15, -0.1) is 11.6 Å². The average molecular weight is 307 g/mol. The first-order valence-corrected chi connectivity index (χ1v) is 8.23. The van der Waals surface area contributed by atoms with Crippen LogP contribution >= 0.6 is 11.6 Å². The van der Waals surface area contributed by atoms with Gasteiger partial charge in [-0.25, -0.2) is 8.42 Å². The molecule has 6 heteroatoms. The fourth-order valence-electron chi connectivity index (χ4n) is 1.49. The van der Waals surface area contributed by atoms with Gasteiger partial charge < -0.3 is 9.47 Å². The SMILES string of the molecule is COc1cccc(CCl)c1OCCS(=O)(=O)C(C)C. The number of para-hydroxylation sites is 1. The van der Waals surface area contributed by atoms with E-state index in [1.165, 1.54) is 7.11 Å². The quantitative estimate of drug-likeness (QED) is 0.727. The lowest BCUT2D eigenvalue weighted by molar-refractivity contribution is 0.309. The van der Waals surface area contributed by atoms with Crippen LogP contribution in [-0.4, -0.2) is 33.1 Å². The number of ether oxygens (including phenoxy) is 2. The van der Waals surface area contributed by atoms with Crippen LogP contribution in [0.15, 0.2) is 18.2 Å². The number of hydrogen-bond acceptors (Lipinski definition) is 4. The van der Waals surface area contributed by atoms with Crippen molar-refractivity contribution in [1.29, 1.82) is 0 Å². The molecule has 0 aliphatic rings. The van der Waals surface area contributed by atoms with Crippen molar-refractivity contribution in [2.75, 3.05) is 19.5 Å². The maximum Gasteiger partial charge on any atom is 0.165 e. The number of methoxy groups -OCH3 is 1. The number of halogens is 1. The number of benzene rings is 1. The third-order valence-electron chi connectivity index (χ3n) is 2.76. The minimum atomic E-state index is -3.11. The number of hydrogen-bond donors (Lipinski definition) is 0. The Morgan fingerprint density at radius 3 is 2.53 bits per heavy atom. The lowest BCUT2D eigenvalue weighted by atomic mass is 10.2. The molecule has 4 nitrogen and oxygen atoms in total. The summed E-state index contributed by atoms with van der Waals surface area (Å²) in [5.41, 5.74) is 0.781. The van der Waals surface area contributed by atoms with E-state index >= 15 is 0 Å². The van der Waals surface area contributed by atoms with E-state index in [4.69, 9.17) is 21.1 Å². The molecule has 0 bridgehead atoms. The largest absolute Gasteiger partial charge is 0.493 e. The van der Waals surface area contributed by atoms with Crippen molar-refractivity contribution in [3.63, 3.8) is 0 Å². The Balaban J connectivity index is 2.78. The molecule has 0 spiro atoms. The maximum absolute atomic E-state index is 11.7. The smallest absolute Gasteiger partial charge is 0.165 e. The molecule has 1 aromatic carbocycles. The Labute approximate surface area is 119 Å². The molecule has 0 heterocycles. The highest BCUT2D eigenvalue weighted by atomic mass is 35.5. The second kappa shape index (κ2) is 7.01. The second-order valence-electron chi connectivity index (χ2n) is 4.35. The minimum Gasteiger partial charge on any atom is -0.493 e. The highest BCUT2D eigenvalue weighted by Gasteiger charge is 2.17. The zero-order chi connectivity index (χ0) is 14.5. The summed E-state index contributed by atoms with van der Waals surface area (Å²) in [4.78, 5) is 0. The van der Waals surface area contributed by atoms with E-state index in [-0.39, 0.29) is 18.2 Å². The molecular weight excluding hydrogens is 288 g/mol. The van der Waals surface area contributed by atoms with Gasteiger partial charge in [0, 0.05) is 5.56 Å². The summed E-state index contributed by atoms with van der Waals surface area (Å²) >= 11 is 5.83. The Hall–Kier alpha value is -0.940. The number of sulfone groups is 1. The molecular formula is C13H19ClO4S. The summed E-state index contributed by atoms with van der Waals surface area (Å²) in [6.45, 7) is 3.40. The molecule has 0 unspecified atom stereocenters. The lowest BCUT2D eigenvalue weighted by Crippen LogP contribution is -2.22. The van der Waals surface area contributed by atoms with Crippen LogP contribution in [0.3, 0.4) is 0 Å². The van der Waals surface area contributed by atoms with Gasteiger partial charge in [-0.2, -0.15) is 0 Å². The Kier molecular flexibility index (Phi) is 5.94. The Morgan fingerprint density at radius 1 is 1.32 bits per heavy atom. The maximum atomic E-state index is 11.7. The molecule has 0 amide bonds. The van der Waals surface area contributed by atoms with Gasteiger partial charge in [0.1, 0.15) is 6.61 Å². The van der Waals surface area contributed by atoms with Crippen molar-refractivity contribution in [2.45, 2.75) is 25.0 Å². The first-order valence-electron chi connectivity index (χ1n) is 5.98. The zero-order valence-corrected chi connectivity index (χ0v) is 12.9. The standard InChI is InChI=1S/C13H19ClO4S/c1-10(2)19(15,16)8-7-18-13-11(9-14)5-4-6-12(13)17-3/h4-6,10H,7-9H2,1-3H3. The van der Waals surface area contributed by atoms with Crippen LogP contribution in [0.2, 0.25) is 0 Å². The second-order valence-corrected chi connectivity index (χ2v) is 7.29. The molecule has 108 valence electrons. The summed E-state index contributed by atoms with van der Waals surface area (Å²) in [5.74, 6) is 1.33. The van der Waals surface area contributed by atoms with Gasteiger partial charge in [0.15, 0.2) is 21.3 Å². The topological polar surface area (TPSA) is 52.6 Å². The van der Waals surface area contributed by atoms with Crippen molar-refractivity contribution in [3.8, 4) is 11.5 Å². The molecule has 0 saturated heterocycles. The summed E-state index contributed by atoms with van der Waals surface area (Å²) in [6, 6.07) is 5.39. The summed E-state index contributed by atoms with van der Waals surface area (Å²) in [5, 5.41) is -0.402. The van der Waals surface area contributed by atoms with Crippen LogP contribution in [0.4, 0.5) is 0 Å². The van der Waals surface area contributed by atoms with Gasteiger partial charge in [-0.1, -0.05) is 12.1 Å². The molecule has 0 fully saturated rings. The predicted octanol–water partition coefficient (Wildman–Crippen LogP) is 2.64. The molecule has 0 saturated carbocycles. The zero-order valence-electron chi connectivity index (χ0n) is 11.3. The molecule has 1 rings (SSSR count). The Bertz CT molecular complexity index is 489. The van der Waals surface area contributed by atoms with Crippen LogP contribution in [0.1, 0.15) is 19.4 Å². The molecule has 0 N–H and O–H groups in total. The van der Waals surface area contributed by atoms with E-state index in [9.17, 15) is 8.42 Å². The number of alkyl halides is 1. The van der Waals surface area contributed by atoms with E-state index in [1.54, 1.807) is 19.9 Å². The van der Waals surface area contributed by atoms with E-state index < -0.39 is 15.1 Å². The van der Waals surface area contributed by atoms with Gasteiger partial charge in [-0.05, 0) is 19.9 Å². The molecule has 0 aromatic heterocycles. The molecule has 19 heavy (non-hydrogen) atoms. The summed E-state index contributed by atoms with van der Waals surface area (Å²) in [7, 11) is -1.57. The minimum absolute atomic E-state index is 0.0234. The van der Waals surface area contributed by atoms with Crippen LogP contribution < -0.4 is 9.47 Å². The van der Waals surface area contributed by atoms with Crippen molar-refractivity contribution in [1.82, 2.24) is 0 Å². The first kappa shape index (κ1) is 16.1. The fourth-order valence-corrected chi connectivity index (χ4v) is 2.48. The third kappa shape index (κ3) is 4.28. The molecule has 0 atom stereocenters. The van der Waals surface area contributed by atoms with Gasteiger partial charge in [0.2, 0.25) is 0 Å². The Morgan fingerprint density at radius 2 is 2.00 bits per heavy atom. The highest BCUT2D eigenvalue weighted by molar-refractivity contribution is 7.91. The molecule has 0 aliphatic heterocycles. The van der Waals surface area contributed by atoms with Crippen LogP contribution in [0, 0.1) is 0 Å². The van der Waals surface area contributed by atoms with E-state index in [0.29, 0.717) is 11.5 Å². The van der Waals surface area contributed by atoms with E-state index in [1.807, 2.05) is 12.1 Å². The molecule has 0 radical (unpaired) electrons. The number of rotatable bonds is 7. The van der Waals surface area contributed by atoms with Crippen LogP contribution in [-0.2, 0) is 15.7 Å². The van der Waals surface area contributed by atoms with Crippen LogP contribution in [0.5, 0.6) is 11.5 Å². The lowest BCUT2D eigenvalue weighted by Gasteiger charge is -2.14. The predicted molar refractivity (Wildman–Crippen MR) is 77.0 cm³/mol. The summed E-state index contributed by atoms with van der Waals surface area (Å²) < 4.78 is 34.1.